The number of carbonyl (C=O) groups is 2. The molecule has 4 heteroatoms. The summed E-state index contributed by atoms with van der Waals surface area (Å²) in [5.41, 5.74) is 1.35. The molecule has 0 heterocycles. The van der Waals surface area contributed by atoms with Crippen molar-refractivity contribution >= 4 is 11.8 Å². The van der Waals surface area contributed by atoms with Crippen LogP contribution in [0.1, 0.15) is 86.0 Å². The van der Waals surface area contributed by atoms with E-state index in [9.17, 15) is 19.8 Å². The zero-order chi connectivity index (χ0) is 26.9. The van der Waals surface area contributed by atoms with Gasteiger partial charge in [-0.2, -0.15) is 0 Å². The number of aliphatic hydroxyl groups excluding tert-OH is 1. The first-order valence-corrected chi connectivity index (χ1v) is 14.5. The van der Waals surface area contributed by atoms with E-state index in [0.29, 0.717) is 24.7 Å². The summed E-state index contributed by atoms with van der Waals surface area (Å²) in [5, 5.41) is 22.6. The molecule has 0 amide bonds. The van der Waals surface area contributed by atoms with Gasteiger partial charge in [0.25, 0.3) is 0 Å². The van der Waals surface area contributed by atoms with E-state index in [1.165, 1.54) is 11.1 Å². The molecular weight excluding hydrogens is 460 g/mol. The number of carbonyl (C=O) groups excluding carboxylic acids is 1. The molecule has 202 valence electrons. The van der Waals surface area contributed by atoms with Gasteiger partial charge in [0.15, 0.2) is 5.78 Å². The van der Waals surface area contributed by atoms with E-state index in [0.717, 1.165) is 38.5 Å². The van der Waals surface area contributed by atoms with Crippen LogP contribution in [-0.4, -0.2) is 22.0 Å². The molecule has 1 fully saturated rings. The van der Waals surface area contributed by atoms with Crippen LogP contribution in [0.25, 0.3) is 0 Å². The zero-order valence-corrected chi connectivity index (χ0v) is 23.4. The van der Waals surface area contributed by atoms with Crippen LogP contribution in [-0.2, 0) is 9.59 Å². The van der Waals surface area contributed by atoms with E-state index >= 15 is 0 Å². The molecule has 2 N–H and O–H groups in total. The molecular formula is C33H46O4. The Morgan fingerprint density at radius 2 is 1.84 bits per heavy atom. The molecule has 4 aliphatic carbocycles. The third-order valence-corrected chi connectivity index (χ3v) is 10.2. The summed E-state index contributed by atoms with van der Waals surface area (Å²) in [7, 11) is 0. The average Bonchev–Trinajstić information content (AvgIpc) is 2.86. The Morgan fingerprint density at radius 3 is 2.51 bits per heavy atom. The van der Waals surface area contributed by atoms with Crippen LogP contribution >= 0.6 is 0 Å². The minimum Gasteiger partial charge on any atom is -0.511 e. The molecule has 0 bridgehead atoms. The topological polar surface area (TPSA) is 74.6 Å². The predicted molar refractivity (Wildman–Crippen MR) is 149 cm³/mol. The van der Waals surface area contributed by atoms with Crippen molar-refractivity contribution in [3.63, 3.8) is 0 Å². The molecule has 0 spiro atoms. The molecule has 0 radical (unpaired) electrons. The largest absolute Gasteiger partial charge is 0.511 e. The van der Waals surface area contributed by atoms with Crippen LogP contribution in [0.3, 0.4) is 0 Å². The van der Waals surface area contributed by atoms with Crippen molar-refractivity contribution in [2.24, 2.45) is 46.8 Å². The van der Waals surface area contributed by atoms with Gasteiger partial charge in [0, 0.05) is 17.3 Å². The lowest BCUT2D eigenvalue weighted by molar-refractivity contribution is -0.136. The van der Waals surface area contributed by atoms with Gasteiger partial charge in [-0.3, -0.25) is 4.79 Å². The molecule has 0 aromatic heterocycles. The van der Waals surface area contributed by atoms with Gasteiger partial charge in [-0.05, 0) is 88.4 Å². The Hall–Kier alpha value is -2.36. The second kappa shape index (κ2) is 11.2. The molecule has 4 nitrogen and oxygen atoms in total. The lowest BCUT2D eigenvalue weighted by Gasteiger charge is -2.52. The molecule has 0 aliphatic heterocycles. The van der Waals surface area contributed by atoms with E-state index in [2.05, 4.69) is 71.1 Å². The number of aliphatic hydroxyl groups is 1. The van der Waals surface area contributed by atoms with Crippen molar-refractivity contribution in [2.75, 3.05) is 0 Å². The highest BCUT2D eigenvalue weighted by Crippen LogP contribution is 2.58. The number of rotatable bonds is 3. The predicted octanol–water partition coefficient (Wildman–Crippen LogP) is 7.99. The van der Waals surface area contributed by atoms with Gasteiger partial charge in [-0.25, -0.2) is 4.79 Å². The third-order valence-electron chi connectivity index (χ3n) is 10.2. The van der Waals surface area contributed by atoms with Gasteiger partial charge in [-0.15, -0.1) is 0 Å². The monoisotopic (exact) mass is 506 g/mol. The molecule has 4 aliphatic rings. The quantitative estimate of drug-likeness (QED) is 0.300. The van der Waals surface area contributed by atoms with Crippen molar-refractivity contribution in [3.05, 3.63) is 58.9 Å². The maximum absolute atomic E-state index is 14.3. The van der Waals surface area contributed by atoms with Gasteiger partial charge in [0.2, 0.25) is 0 Å². The summed E-state index contributed by atoms with van der Waals surface area (Å²) in [6.07, 6.45) is 20.0. The number of carboxylic acid groups (broad SMARTS) is 1. The highest BCUT2D eigenvalue weighted by Gasteiger charge is 2.54. The third kappa shape index (κ3) is 5.05. The molecule has 0 aromatic carbocycles. The SMILES string of the molecule is CCC1CC2C(=O)/C(C(=O)O)=C(/O)[C@]3(CC)C(C=CC4C[C@@H](C)CCC43)C/C=C/C/C(C)=C/C2C=C1C. The molecule has 0 saturated heterocycles. The van der Waals surface area contributed by atoms with E-state index in [4.69, 9.17) is 0 Å². The van der Waals surface area contributed by atoms with Crippen LogP contribution in [0.15, 0.2) is 58.9 Å². The maximum atomic E-state index is 14.3. The first kappa shape index (κ1) is 27.7. The minimum atomic E-state index is -1.28. The summed E-state index contributed by atoms with van der Waals surface area (Å²) in [6, 6.07) is 0. The van der Waals surface area contributed by atoms with Gasteiger partial charge < -0.3 is 10.2 Å². The van der Waals surface area contributed by atoms with Crippen LogP contribution in [0.5, 0.6) is 0 Å². The lowest BCUT2D eigenvalue weighted by atomic mass is 9.51. The Balaban J connectivity index is 1.93. The van der Waals surface area contributed by atoms with E-state index < -0.39 is 23.1 Å². The van der Waals surface area contributed by atoms with E-state index in [1.54, 1.807) is 0 Å². The summed E-state index contributed by atoms with van der Waals surface area (Å²) in [6.45, 7) is 10.7. The summed E-state index contributed by atoms with van der Waals surface area (Å²) < 4.78 is 0. The average molecular weight is 507 g/mol. The molecule has 37 heavy (non-hydrogen) atoms. The normalized spacial score (nSPS) is 42.9. The molecule has 1 saturated carbocycles. The van der Waals surface area contributed by atoms with Crippen molar-refractivity contribution < 1.29 is 19.8 Å². The van der Waals surface area contributed by atoms with Crippen molar-refractivity contribution in [2.45, 2.75) is 86.0 Å². The van der Waals surface area contributed by atoms with Gasteiger partial charge in [0.1, 0.15) is 11.3 Å². The Morgan fingerprint density at radius 1 is 1.08 bits per heavy atom. The summed E-state index contributed by atoms with van der Waals surface area (Å²) in [5.74, 6) is -1.21. The Labute approximate surface area is 223 Å². The summed E-state index contributed by atoms with van der Waals surface area (Å²) >= 11 is 0. The molecule has 6 unspecified atom stereocenters. The van der Waals surface area contributed by atoms with E-state index in [-0.39, 0.29) is 35.0 Å². The highest BCUT2D eigenvalue weighted by atomic mass is 16.4. The number of ketones is 1. The zero-order valence-electron chi connectivity index (χ0n) is 23.4. The molecule has 4 rings (SSSR count). The van der Waals surface area contributed by atoms with Gasteiger partial charge >= 0.3 is 5.97 Å². The first-order valence-electron chi connectivity index (χ1n) is 14.5. The smallest absolute Gasteiger partial charge is 0.342 e. The van der Waals surface area contributed by atoms with E-state index in [1.807, 2.05) is 0 Å². The fourth-order valence-corrected chi connectivity index (χ4v) is 8.12. The van der Waals surface area contributed by atoms with Crippen molar-refractivity contribution in [1.82, 2.24) is 0 Å². The maximum Gasteiger partial charge on any atom is 0.342 e. The Kier molecular flexibility index (Phi) is 8.35. The number of allylic oxidation sites excluding steroid dienone is 9. The number of aliphatic carboxylic acids is 1. The lowest BCUT2D eigenvalue weighted by Crippen LogP contribution is -2.48. The van der Waals surface area contributed by atoms with Gasteiger partial charge in [0.05, 0.1) is 0 Å². The Bertz CT molecular complexity index is 1060. The number of hydrogen-bond donors (Lipinski definition) is 2. The number of carboxylic acids is 1. The van der Waals surface area contributed by atoms with Crippen molar-refractivity contribution in [3.8, 4) is 0 Å². The van der Waals surface area contributed by atoms with Crippen molar-refractivity contribution in [1.29, 1.82) is 0 Å². The number of hydrogen-bond acceptors (Lipinski definition) is 3. The van der Waals surface area contributed by atoms with Crippen LogP contribution in [0.4, 0.5) is 0 Å². The number of fused-ring (bicyclic) bond motifs is 4. The van der Waals surface area contributed by atoms with Crippen LogP contribution < -0.4 is 0 Å². The summed E-state index contributed by atoms with van der Waals surface area (Å²) in [4.78, 5) is 27.1. The molecule has 0 aromatic rings. The van der Waals surface area contributed by atoms with Crippen LogP contribution in [0.2, 0.25) is 0 Å². The highest BCUT2D eigenvalue weighted by molar-refractivity contribution is 6.18. The number of Topliss-reactive ketones (excluding diaryl/α,β-unsaturated/α-hetero) is 1. The van der Waals surface area contributed by atoms with Crippen LogP contribution in [0, 0.1) is 46.8 Å². The first-order chi connectivity index (χ1) is 17.6. The molecule has 8 atom stereocenters. The second-order valence-electron chi connectivity index (χ2n) is 12.3. The fraction of sp³-hybridized carbons (Fsp3) is 0.636. The standard InChI is InChI=1S/C33H46O4/c1-6-23-19-27-25(18-22(23)5)17-20(3)10-8-9-11-26-14-13-24-16-21(4)12-15-28(24)33(26,7-2)31(35)29(30(27)34)32(36)37/h8-9,13-14,17-18,21,23-28,35H,6-7,10-12,15-16,19H2,1-5H3,(H,36,37)/b9-8+,20-17+,31-29-/t21-,23?,24?,25?,26?,27?,28?,33+/m0/s1. The minimum absolute atomic E-state index is 0.0386. The second-order valence-corrected chi connectivity index (χ2v) is 12.3. The van der Waals surface area contributed by atoms with Gasteiger partial charge in [-0.1, -0.05) is 74.8 Å². The fourth-order valence-electron chi connectivity index (χ4n) is 8.12.